The van der Waals surface area contributed by atoms with Crippen molar-refractivity contribution in [1.29, 1.82) is 0 Å². The molecule has 0 spiro atoms. The highest BCUT2D eigenvalue weighted by molar-refractivity contribution is 5.98. The number of anilines is 3. The quantitative estimate of drug-likeness (QED) is 0.390. The molecular formula is C24H23N5O2. The number of aromatic nitrogens is 3. The first-order valence-electron chi connectivity index (χ1n) is 9.95. The monoisotopic (exact) mass is 413 g/mol. The minimum atomic E-state index is -0.289. The highest BCUT2D eigenvalue weighted by Crippen LogP contribution is 2.28. The second kappa shape index (κ2) is 8.71. The average molecular weight is 413 g/mol. The van der Waals surface area contributed by atoms with Gasteiger partial charge in [-0.1, -0.05) is 38.6 Å². The second-order valence-corrected chi connectivity index (χ2v) is 7.30. The fourth-order valence-corrected chi connectivity index (χ4v) is 3.06. The van der Waals surface area contributed by atoms with E-state index in [1.54, 1.807) is 28.8 Å². The lowest BCUT2D eigenvalue weighted by Gasteiger charge is -2.12. The van der Waals surface area contributed by atoms with Crippen LogP contribution in [0, 0.1) is 0 Å². The van der Waals surface area contributed by atoms with E-state index >= 15 is 0 Å². The Kier molecular flexibility index (Phi) is 5.66. The van der Waals surface area contributed by atoms with Crippen LogP contribution in [0.5, 0.6) is 11.6 Å². The number of nitrogens with one attached hydrogen (secondary N) is 2. The molecule has 2 N–H and O–H groups in total. The van der Waals surface area contributed by atoms with Gasteiger partial charge in [-0.25, -0.2) is 4.52 Å². The number of ether oxygens (including phenoxy) is 1. The molecule has 4 rings (SSSR count). The predicted octanol–water partition coefficient (Wildman–Crippen LogP) is 5.51. The first-order chi connectivity index (χ1) is 15.0. The zero-order valence-electron chi connectivity index (χ0n) is 17.4. The van der Waals surface area contributed by atoms with Crippen LogP contribution in [0.4, 0.5) is 17.3 Å². The molecule has 0 saturated heterocycles. The van der Waals surface area contributed by atoms with E-state index in [1.165, 1.54) is 11.6 Å². The van der Waals surface area contributed by atoms with Crippen molar-refractivity contribution in [3.05, 3.63) is 85.1 Å². The van der Waals surface area contributed by atoms with Crippen LogP contribution >= 0.6 is 0 Å². The van der Waals surface area contributed by atoms with Crippen molar-refractivity contribution >= 4 is 28.7 Å². The zero-order valence-corrected chi connectivity index (χ0v) is 17.4. The Hall–Kier alpha value is -4.13. The van der Waals surface area contributed by atoms with Gasteiger partial charge >= 0.3 is 0 Å². The van der Waals surface area contributed by atoms with Crippen LogP contribution in [0.3, 0.4) is 0 Å². The Bertz CT molecular complexity index is 1230. The number of nitrogens with zero attached hydrogens (tertiary/aromatic N) is 3. The van der Waals surface area contributed by atoms with Crippen LogP contribution in [0.15, 0.2) is 79.5 Å². The summed E-state index contributed by atoms with van der Waals surface area (Å²) in [5.74, 6) is 1.52. The van der Waals surface area contributed by atoms with Gasteiger partial charge in [0.05, 0.1) is 0 Å². The number of amides is 1. The number of benzene rings is 2. The van der Waals surface area contributed by atoms with Crippen molar-refractivity contribution in [2.45, 2.75) is 19.8 Å². The molecule has 0 atom stereocenters. The normalized spacial score (nSPS) is 10.8. The fourth-order valence-electron chi connectivity index (χ4n) is 3.06. The third kappa shape index (κ3) is 4.72. The Morgan fingerprint density at radius 2 is 1.90 bits per heavy atom. The van der Waals surface area contributed by atoms with Crippen LogP contribution in [-0.2, 0) is 4.79 Å². The minimum Gasteiger partial charge on any atom is -0.437 e. The van der Waals surface area contributed by atoms with E-state index in [2.05, 4.69) is 53.3 Å². The van der Waals surface area contributed by atoms with Crippen molar-refractivity contribution in [2.75, 3.05) is 10.6 Å². The zero-order chi connectivity index (χ0) is 21.8. The number of rotatable bonds is 7. The Morgan fingerprint density at radius 3 is 2.65 bits per heavy atom. The fraction of sp³-hybridized carbons (Fsp3) is 0.125. The molecule has 2 aromatic heterocycles. The minimum absolute atomic E-state index is 0.289. The van der Waals surface area contributed by atoms with Gasteiger partial charge in [-0.3, -0.25) is 4.79 Å². The van der Waals surface area contributed by atoms with E-state index in [9.17, 15) is 4.79 Å². The molecule has 2 heterocycles. The molecule has 31 heavy (non-hydrogen) atoms. The number of carbonyl (C=O) groups excluding carboxylic acids is 1. The van der Waals surface area contributed by atoms with E-state index in [4.69, 9.17) is 4.74 Å². The van der Waals surface area contributed by atoms with Gasteiger partial charge in [0.15, 0.2) is 0 Å². The van der Waals surface area contributed by atoms with Crippen molar-refractivity contribution in [3.63, 3.8) is 0 Å². The maximum atomic E-state index is 11.6. The van der Waals surface area contributed by atoms with E-state index < -0.39 is 0 Å². The molecule has 2 aromatic carbocycles. The summed E-state index contributed by atoms with van der Waals surface area (Å²) in [4.78, 5) is 16.1. The van der Waals surface area contributed by atoms with Crippen LogP contribution in [0.2, 0.25) is 0 Å². The van der Waals surface area contributed by atoms with E-state index in [0.717, 1.165) is 11.2 Å². The molecule has 7 nitrogen and oxygen atoms in total. The van der Waals surface area contributed by atoms with E-state index in [0.29, 0.717) is 29.2 Å². The third-order valence-corrected chi connectivity index (χ3v) is 4.69. The number of hydrogen-bond acceptors (Lipinski definition) is 5. The second-order valence-electron chi connectivity index (χ2n) is 7.30. The lowest BCUT2D eigenvalue weighted by molar-refractivity contribution is -0.111. The Balaban J connectivity index is 1.61. The summed E-state index contributed by atoms with van der Waals surface area (Å²) < 4.78 is 7.75. The van der Waals surface area contributed by atoms with Crippen molar-refractivity contribution in [1.82, 2.24) is 14.6 Å². The average Bonchev–Trinajstić information content (AvgIpc) is 3.23. The maximum Gasteiger partial charge on any atom is 0.248 e. The molecule has 1 amide bonds. The molecule has 0 fully saturated rings. The molecule has 156 valence electrons. The summed E-state index contributed by atoms with van der Waals surface area (Å²) >= 11 is 0. The van der Waals surface area contributed by atoms with E-state index in [-0.39, 0.29) is 5.91 Å². The van der Waals surface area contributed by atoms with Gasteiger partial charge in [0.25, 0.3) is 0 Å². The smallest absolute Gasteiger partial charge is 0.248 e. The summed E-state index contributed by atoms with van der Waals surface area (Å²) in [6, 6.07) is 19.0. The van der Waals surface area contributed by atoms with Crippen molar-refractivity contribution in [3.8, 4) is 11.6 Å². The van der Waals surface area contributed by atoms with Crippen LogP contribution in [0.1, 0.15) is 25.3 Å². The maximum absolute atomic E-state index is 11.6. The molecule has 0 aliphatic heterocycles. The highest BCUT2D eigenvalue weighted by atomic mass is 16.5. The molecule has 7 heteroatoms. The summed E-state index contributed by atoms with van der Waals surface area (Å²) in [5.41, 5.74) is 3.48. The number of carbonyl (C=O) groups is 1. The largest absolute Gasteiger partial charge is 0.437 e. The van der Waals surface area contributed by atoms with Gasteiger partial charge in [0.1, 0.15) is 11.3 Å². The Morgan fingerprint density at radius 1 is 1.10 bits per heavy atom. The highest BCUT2D eigenvalue weighted by Gasteiger charge is 2.11. The molecule has 0 unspecified atom stereocenters. The molecule has 0 aliphatic rings. The van der Waals surface area contributed by atoms with Gasteiger partial charge in [0, 0.05) is 23.6 Å². The van der Waals surface area contributed by atoms with Crippen LogP contribution in [-0.4, -0.2) is 20.5 Å². The lowest BCUT2D eigenvalue weighted by atomic mass is 10.0. The van der Waals surface area contributed by atoms with Crippen LogP contribution < -0.4 is 15.4 Å². The first-order valence-corrected chi connectivity index (χ1v) is 9.95. The summed E-state index contributed by atoms with van der Waals surface area (Å²) in [6.45, 7) is 7.78. The molecule has 0 saturated carbocycles. The molecule has 0 aliphatic carbocycles. The molecule has 0 bridgehead atoms. The molecule has 0 radical (unpaired) electrons. The SMILES string of the molecule is C=CC(=O)Nc1cccc(Oc2nc(Nc3ccc(C(C)C)cc3)nn3cccc23)c1. The van der Waals surface area contributed by atoms with Gasteiger partial charge < -0.3 is 15.4 Å². The standard InChI is InChI=1S/C24H23N5O2/c1-4-22(30)25-19-7-5-8-20(15-19)31-23-21-9-6-14-29(21)28-24(27-23)26-18-12-10-17(11-13-18)16(2)3/h4-16H,1H2,2-3H3,(H,25,30)(H,26,28). The van der Waals surface area contributed by atoms with Crippen LogP contribution in [0.25, 0.3) is 5.52 Å². The number of fused-ring (bicyclic) bond motifs is 1. The van der Waals surface area contributed by atoms with Crippen molar-refractivity contribution < 1.29 is 9.53 Å². The third-order valence-electron chi connectivity index (χ3n) is 4.69. The summed E-state index contributed by atoms with van der Waals surface area (Å²) in [7, 11) is 0. The van der Waals surface area contributed by atoms with Gasteiger partial charge in [0.2, 0.25) is 17.7 Å². The predicted molar refractivity (Wildman–Crippen MR) is 122 cm³/mol. The number of hydrogen-bond donors (Lipinski definition) is 2. The Labute approximate surface area is 180 Å². The molecule has 4 aromatic rings. The van der Waals surface area contributed by atoms with Gasteiger partial charge in [-0.2, -0.15) is 4.98 Å². The van der Waals surface area contributed by atoms with Gasteiger partial charge in [-0.05, 0) is 54.0 Å². The molecular weight excluding hydrogens is 390 g/mol. The lowest BCUT2D eigenvalue weighted by Crippen LogP contribution is -2.07. The van der Waals surface area contributed by atoms with Crippen molar-refractivity contribution in [2.24, 2.45) is 0 Å². The summed E-state index contributed by atoms with van der Waals surface area (Å²) in [6.07, 6.45) is 3.05. The van der Waals surface area contributed by atoms with Gasteiger partial charge in [-0.15, -0.1) is 5.10 Å². The van der Waals surface area contributed by atoms with E-state index in [1.807, 2.05) is 30.5 Å². The first kappa shape index (κ1) is 20.2. The topological polar surface area (TPSA) is 80.5 Å². The summed E-state index contributed by atoms with van der Waals surface area (Å²) in [5, 5.41) is 10.5.